The van der Waals surface area contributed by atoms with E-state index in [2.05, 4.69) is 19.2 Å². The largest absolute Gasteiger partial charge is 0.389 e. The van der Waals surface area contributed by atoms with E-state index in [4.69, 9.17) is 4.74 Å². The summed E-state index contributed by atoms with van der Waals surface area (Å²) in [6.45, 7) is 5.96. The summed E-state index contributed by atoms with van der Waals surface area (Å²) in [6.07, 6.45) is -1.09. The standard InChI is InChI=1S/C15H25NO3/c1-12(2)10-19-11-14(17)8-16-9-15(18)13-6-4-3-5-7-13/h3-7,12,14-18H,8-11H2,1-2H3. The quantitative estimate of drug-likeness (QED) is 0.632. The summed E-state index contributed by atoms with van der Waals surface area (Å²) in [7, 11) is 0. The van der Waals surface area contributed by atoms with Crippen LogP contribution in [0.3, 0.4) is 0 Å². The third-order valence-corrected chi connectivity index (χ3v) is 2.66. The molecule has 4 heteroatoms. The summed E-state index contributed by atoms with van der Waals surface area (Å²) in [5.41, 5.74) is 0.876. The van der Waals surface area contributed by atoms with Crippen LogP contribution in [0, 0.1) is 5.92 Å². The van der Waals surface area contributed by atoms with Crippen LogP contribution in [0.5, 0.6) is 0 Å². The normalized spacial score (nSPS) is 14.6. The van der Waals surface area contributed by atoms with E-state index >= 15 is 0 Å². The predicted octanol–water partition coefficient (Wildman–Crippen LogP) is 1.34. The second kappa shape index (κ2) is 9.04. The Morgan fingerprint density at radius 1 is 1.05 bits per heavy atom. The Kier molecular flexibility index (Phi) is 7.67. The van der Waals surface area contributed by atoms with Crippen molar-refractivity contribution in [3.63, 3.8) is 0 Å². The third-order valence-electron chi connectivity index (χ3n) is 2.66. The summed E-state index contributed by atoms with van der Waals surface area (Å²) in [4.78, 5) is 0. The van der Waals surface area contributed by atoms with E-state index in [0.29, 0.717) is 32.2 Å². The van der Waals surface area contributed by atoms with Crippen molar-refractivity contribution in [3.05, 3.63) is 35.9 Å². The van der Waals surface area contributed by atoms with Gasteiger partial charge in [0.2, 0.25) is 0 Å². The second-order valence-electron chi connectivity index (χ2n) is 5.17. The summed E-state index contributed by atoms with van der Waals surface area (Å²) < 4.78 is 5.35. The van der Waals surface area contributed by atoms with Crippen LogP contribution >= 0.6 is 0 Å². The molecule has 0 bridgehead atoms. The average Bonchev–Trinajstić information content (AvgIpc) is 2.39. The Balaban J connectivity index is 2.12. The number of nitrogens with one attached hydrogen (secondary N) is 1. The van der Waals surface area contributed by atoms with Crippen LogP contribution in [0.15, 0.2) is 30.3 Å². The van der Waals surface area contributed by atoms with E-state index in [1.807, 2.05) is 30.3 Å². The van der Waals surface area contributed by atoms with E-state index in [1.54, 1.807) is 0 Å². The molecule has 0 aliphatic carbocycles. The van der Waals surface area contributed by atoms with Gasteiger partial charge in [-0.2, -0.15) is 0 Å². The zero-order valence-electron chi connectivity index (χ0n) is 11.7. The van der Waals surface area contributed by atoms with Crippen LogP contribution in [0.1, 0.15) is 25.5 Å². The minimum atomic E-state index is -0.551. The first-order valence-electron chi connectivity index (χ1n) is 6.79. The van der Waals surface area contributed by atoms with Crippen LogP contribution in [0.25, 0.3) is 0 Å². The zero-order valence-corrected chi connectivity index (χ0v) is 11.7. The van der Waals surface area contributed by atoms with E-state index in [-0.39, 0.29) is 0 Å². The Hall–Kier alpha value is -0.940. The highest BCUT2D eigenvalue weighted by Gasteiger charge is 2.08. The van der Waals surface area contributed by atoms with Crippen molar-refractivity contribution in [1.82, 2.24) is 5.32 Å². The molecular formula is C15H25NO3. The maximum Gasteiger partial charge on any atom is 0.0914 e. The molecule has 2 unspecified atom stereocenters. The van der Waals surface area contributed by atoms with Gasteiger partial charge in [0.05, 0.1) is 18.8 Å². The van der Waals surface area contributed by atoms with Crippen LogP contribution in [0.4, 0.5) is 0 Å². The van der Waals surface area contributed by atoms with Crippen LogP contribution in [0.2, 0.25) is 0 Å². The smallest absolute Gasteiger partial charge is 0.0914 e. The lowest BCUT2D eigenvalue weighted by molar-refractivity contribution is 0.0247. The molecule has 0 saturated carbocycles. The zero-order chi connectivity index (χ0) is 14.1. The molecule has 0 radical (unpaired) electrons. The van der Waals surface area contributed by atoms with Gasteiger partial charge in [0.25, 0.3) is 0 Å². The van der Waals surface area contributed by atoms with Crippen LogP contribution in [-0.4, -0.2) is 42.6 Å². The highest BCUT2D eigenvalue weighted by molar-refractivity contribution is 5.17. The molecular weight excluding hydrogens is 242 g/mol. The maximum atomic E-state index is 9.91. The number of aliphatic hydroxyl groups is 2. The highest BCUT2D eigenvalue weighted by Crippen LogP contribution is 2.10. The van der Waals surface area contributed by atoms with Gasteiger partial charge < -0.3 is 20.3 Å². The lowest BCUT2D eigenvalue weighted by Gasteiger charge is -2.16. The molecule has 0 aliphatic rings. The fraction of sp³-hybridized carbons (Fsp3) is 0.600. The Bertz CT molecular complexity index is 329. The molecule has 0 heterocycles. The van der Waals surface area contributed by atoms with E-state index < -0.39 is 12.2 Å². The van der Waals surface area contributed by atoms with Gasteiger partial charge >= 0.3 is 0 Å². The molecule has 19 heavy (non-hydrogen) atoms. The van der Waals surface area contributed by atoms with E-state index in [9.17, 15) is 10.2 Å². The van der Waals surface area contributed by atoms with Crippen molar-refractivity contribution in [3.8, 4) is 0 Å². The topological polar surface area (TPSA) is 61.7 Å². The van der Waals surface area contributed by atoms with Crippen LogP contribution < -0.4 is 5.32 Å². The SMILES string of the molecule is CC(C)COCC(O)CNCC(O)c1ccccc1. The molecule has 0 aliphatic heterocycles. The van der Waals surface area contributed by atoms with E-state index in [0.717, 1.165) is 5.56 Å². The van der Waals surface area contributed by atoms with E-state index in [1.165, 1.54) is 0 Å². The van der Waals surface area contributed by atoms with Gasteiger partial charge in [-0.05, 0) is 11.5 Å². The van der Waals surface area contributed by atoms with Crippen molar-refractivity contribution in [2.24, 2.45) is 5.92 Å². The third kappa shape index (κ3) is 7.28. The Labute approximate surface area is 115 Å². The highest BCUT2D eigenvalue weighted by atomic mass is 16.5. The molecule has 0 aromatic heterocycles. The van der Waals surface area contributed by atoms with Gasteiger partial charge in [0, 0.05) is 19.7 Å². The number of benzene rings is 1. The summed E-state index contributed by atoms with van der Waals surface area (Å²) >= 11 is 0. The monoisotopic (exact) mass is 267 g/mol. The number of aliphatic hydroxyl groups excluding tert-OH is 2. The van der Waals surface area contributed by atoms with Gasteiger partial charge in [-0.3, -0.25) is 0 Å². The van der Waals surface area contributed by atoms with Crippen molar-refractivity contribution < 1.29 is 14.9 Å². The van der Waals surface area contributed by atoms with Crippen molar-refractivity contribution in [2.75, 3.05) is 26.3 Å². The number of rotatable bonds is 9. The molecule has 0 spiro atoms. The summed E-state index contributed by atoms with van der Waals surface area (Å²) in [5, 5.41) is 22.6. The van der Waals surface area contributed by atoms with Gasteiger partial charge in [0.15, 0.2) is 0 Å². The molecule has 1 rings (SSSR count). The van der Waals surface area contributed by atoms with Gasteiger partial charge in [-0.15, -0.1) is 0 Å². The number of ether oxygens (including phenoxy) is 1. The molecule has 108 valence electrons. The number of hydrogen-bond acceptors (Lipinski definition) is 4. The minimum Gasteiger partial charge on any atom is -0.389 e. The molecule has 2 atom stereocenters. The van der Waals surface area contributed by atoms with Crippen molar-refractivity contribution in [1.29, 1.82) is 0 Å². The lowest BCUT2D eigenvalue weighted by Crippen LogP contribution is -2.33. The average molecular weight is 267 g/mol. The Morgan fingerprint density at radius 3 is 2.37 bits per heavy atom. The van der Waals surface area contributed by atoms with Gasteiger partial charge in [-0.25, -0.2) is 0 Å². The predicted molar refractivity (Wildman–Crippen MR) is 75.9 cm³/mol. The molecule has 3 N–H and O–H groups in total. The maximum absolute atomic E-state index is 9.91. The molecule has 1 aromatic carbocycles. The number of hydrogen-bond donors (Lipinski definition) is 3. The first-order valence-corrected chi connectivity index (χ1v) is 6.79. The minimum absolute atomic E-state index is 0.326. The molecule has 4 nitrogen and oxygen atoms in total. The summed E-state index contributed by atoms with van der Waals surface area (Å²) in [5.74, 6) is 0.472. The summed E-state index contributed by atoms with van der Waals surface area (Å²) in [6, 6.07) is 9.48. The van der Waals surface area contributed by atoms with Crippen molar-refractivity contribution >= 4 is 0 Å². The first-order chi connectivity index (χ1) is 9.09. The van der Waals surface area contributed by atoms with Gasteiger partial charge in [0.1, 0.15) is 0 Å². The fourth-order valence-electron chi connectivity index (χ4n) is 1.68. The van der Waals surface area contributed by atoms with Gasteiger partial charge in [-0.1, -0.05) is 44.2 Å². The second-order valence-corrected chi connectivity index (χ2v) is 5.17. The fourth-order valence-corrected chi connectivity index (χ4v) is 1.68. The lowest BCUT2D eigenvalue weighted by atomic mass is 10.1. The molecule has 0 saturated heterocycles. The van der Waals surface area contributed by atoms with Crippen molar-refractivity contribution in [2.45, 2.75) is 26.1 Å². The van der Waals surface area contributed by atoms with Crippen LogP contribution in [-0.2, 0) is 4.74 Å². The molecule has 0 fully saturated rings. The molecule has 1 aromatic rings. The Morgan fingerprint density at radius 2 is 1.74 bits per heavy atom. The molecule has 0 amide bonds. The first kappa shape index (κ1) is 16.1.